The van der Waals surface area contributed by atoms with Gasteiger partial charge in [0.15, 0.2) is 17.1 Å². The summed E-state index contributed by atoms with van der Waals surface area (Å²) >= 11 is 3.35. The summed E-state index contributed by atoms with van der Waals surface area (Å²) in [7, 11) is 4.73. The molecule has 0 amide bonds. The van der Waals surface area contributed by atoms with E-state index < -0.39 is 0 Å². The molecular formula is C15H16BrN5O3. The van der Waals surface area contributed by atoms with Gasteiger partial charge in [-0.2, -0.15) is 4.98 Å². The second kappa shape index (κ2) is 6.52. The molecule has 0 fully saturated rings. The van der Waals surface area contributed by atoms with Crippen LogP contribution in [0.25, 0.3) is 11.2 Å². The minimum absolute atomic E-state index is 0.181. The number of anilines is 1. The normalized spacial score (nSPS) is 10.8. The Bertz CT molecular complexity index is 871. The van der Waals surface area contributed by atoms with E-state index in [0.29, 0.717) is 39.6 Å². The number of nitrogens with two attached hydrogens (primary N) is 1. The molecule has 0 aliphatic rings. The first-order valence-electron chi connectivity index (χ1n) is 7.00. The third-order valence-corrected chi connectivity index (χ3v) is 4.07. The fourth-order valence-corrected chi connectivity index (χ4v) is 2.93. The van der Waals surface area contributed by atoms with Crippen LogP contribution in [-0.4, -0.2) is 40.8 Å². The Hall–Kier alpha value is -2.55. The van der Waals surface area contributed by atoms with Gasteiger partial charge in [0, 0.05) is 0 Å². The highest BCUT2D eigenvalue weighted by atomic mass is 79.9. The molecule has 0 radical (unpaired) electrons. The smallest absolute Gasteiger partial charge is 0.223 e. The zero-order valence-electron chi connectivity index (χ0n) is 13.4. The fourth-order valence-electron chi connectivity index (χ4n) is 2.46. The standard InChI is InChI=1S/C15H16BrN5O3/c1-22-9-4-8(5-10(23-2)12(9)24-3)6-21-7-18-11-13(16)19-15(17)20-14(11)21/h4-5,7H,6H2,1-3H3,(H2,17,19,20). The number of rotatable bonds is 5. The van der Waals surface area contributed by atoms with Crippen LogP contribution < -0.4 is 19.9 Å². The minimum Gasteiger partial charge on any atom is -0.493 e. The van der Waals surface area contributed by atoms with Gasteiger partial charge >= 0.3 is 0 Å². The molecule has 1 aromatic carbocycles. The van der Waals surface area contributed by atoms with Crippen molar-refractivity contribution in [2.24, 2.45) is 0 Å². The third kappa shape index (κ3) is 2.82. The number of imidazole rings is 1. The lowest BCUT2D eigenvalue weighted by Gasteiger charge is -2.14. The molecule has 3 rings (SSSR count). The van der Waals surface area contributed by atoms with Crippen LogP contribution in [0.4, 0.5) is 5.95 Å². The summed E-state index contributed by atoms with van der Waals surface area (Å²) in [6.07, 6.45) is 1.69. The zero-order valence-corrected chi connectivity index (χ0v) is 15.0. The molecule has 0 aliphatic heterocycles. The maximum Gasteiger partial charge on any atom is 0.223 e. The molecule has 2 N–H and O–H groups in total. The average Bonchev–Trinajstić information content (AvgIpc) is 2.96. The predicted molar refractivity (Wildman–Crippen MR) is 92.6 cm³/mol. The van der Waals surface area contributed by atoms with Crippen LogP contribution >= 0.6 is 15.9 Å². The van der Waals surface area contributed by atoms with Crippen molar-refractivity contribution < 1.29 is 14.2 Å². The lowest BCUT2D eigenvalue weighted by atomic mass is 10.1. The molecule has 0 unspecified atom stereocenters. The Morgan fingerprint density at radius 1 is 1.08 bits per heavy atom. The Labute approximate surface area is 146 Å². The van der Waals surface area contributed by atoms with E-state index in [2.05, 4.69) is 30.9 Å². The summed E-state index contributed by atoms with van der Waals surface area (Å²) in [6, 6.07) is 3.76. The van der Waals surface area contributed by atoms with Crippen LogP contribution in [0.1, 0.15) is 5.56 Å². The van der Waals surface area contributed by atoms with Crippen LogP contribution in [0.3, 0.4) is 0 Å². The van der Waals surface area contributed by atoms with Crippen molar-refractivity contribution in [1.82, 2.24) is 19.5 Å². The van der Waals surface area contributed by atoms with Gasteiger partial charge in [-0.15, -0.1) is 0 Å². The minimum atomic E-state index is 0.181. The van der Waals surface area contributed by atoms with Gasteiger partial charge in [0.2, 0.25) is 11.7 Å². The molecule has 3 aromatic rings. The monoisotopic (exact) mass is 393 g/mol. The molecule has 0 atom stereocenters. The molecule has 8 nitrogen and oxygen atoms in total. The van der Waals surface area contributed by atoms with E-state index in [-0.39, 0.29) is 5.95 Å². The maximum atomic E-state index is 5.73. The lowest BCUT2D eigenvalue weighted by molar-refractivity contribution is 0.323. The topological polar surface area (TPSA) is 97.3 Å². The lowest BCUT2D eigenvalue weighted by Crippen LogP contribution is -2.04. The van der Waals surface area contributed by atoms with E-state index in [1.165, 1.54) is 0 Å². The van der Waals surface area contributed by atoms with Crippen molar-refractivity contribution in [2.75, 3.05) is 27.1 Å². The molecule has 126 valence electrons. The van der Waals surface area contributed by atoms with E-state index in [0.717, 1.165) is 5.56 Å². The first-order valence-corrected chi connectivity index (χ1v) is 7.79. The molecule has 2 heterocycles. The van der Waals surface area contributed by atoms with Crippen molar-refractivity contribution >= 4 is 33.0 Å². The van der Waals surface area contributed by atoms with Crippen LogP contribution in [0.15, 0.2) is 23.1 Å². The Balaban J connectivity index is 2.06. The summed E-state index contributed by atoms with van der Waals surface area (Å²) in [6.45, 7) is 0.510. The summed E-state index contributed by atoms with van der Waals surface area (Å²) in [5.74, 6) is 1.91. The molecule has 0 aliphatic carbocycles. The maximum absolute atomic E-state index is 5.73. The zero-order chi connectivity index (χ0) is 17.3. The van der Waals surface area contributed by atoms with Gasteiger partial charge < -0.3 is 24.5 Å². The number of hydrogen-bond acceptors (Lipinski definition) is 7. The second-order valence-corrected chi connectivity index (χ2v) is 5.70. The highest BCUT2D eigenvalue weighted by Crippen LogP contribution is 2.38. The average molecular weight is 394 g/mol. The van der Waals surface area contributed by atoms with Crippen molar-refractivity contribution in [2.45, 2.75) is 6.54 Å². The predicted octanol–water partition coefficient (Wildman–Crippen LogP) is 2.25. The van der Waals surface area contributed by atoms with Crippen molar-refractivity contribution in [1.29, 1.82) is 0 Å². The number of halogens is 1. The Morgan fingerprint density at radius 3 is 2.33 bits per heavy atom. The van der Waals surface area contributed by atoms with Gasteiger partial charge in [-0.05, 0) is 33.6 Å². The van der Waals surface area contributed by atoms with Gasteiger partial charge in [-0.25, -0.2) is 9.97 Å². The number of nitrogens with zero attached hydrogens (tertiary/aromatic N) is 4. The molecule has 2 aromatic heterocycles. The van der Waals surface area contributed by atoms with Gasteiger partial charge in [-0.1, -0.05) is 0 Å². The summed E-state index contributed by atoms with van der Waals surface area (Å²) in [5.41, 5.74) is 7.96. The quantitative estimate of drug-likeness (QED) is 0.663. The van der Waals surface area contributed by atoms with Crippen molar-refractivity contribution in [3.8, 4) is 17.2 Å². The molecule has 0 spiro atoms. The van der Waals surface area contributed by atoms with Crippen molar-refractivity contribution in [3.63, 3.8) is 0 Å². The fraction of sp³-hybridized carbons (Fsp3) is 0.267. The van der Waals surface area contributed by atoms with Crippen molar-refractivity contribution in [3.05, 3.63) is 28.6 Å². The Kier molecular flexibility index (Phi) is 4.43. The molecular weight excluding hydrogens is 378 g/mol. The van der Waals surface area contributed by atoms with Crippen LogP contribution in [0, 0.1) is 0 Å². The number of ether oxygens (including phenoxy) is 3. The first kappa shape index (κ1) is 16.3. The van der Waals surface area contributed by atoms with Gasteiger partial charge in [0.25, 0.3) is 0 Å². The van der Waals surface area contributed by atoms with E-state index >= 15 is 0 Å². The van der Waals surface area contributed by atoms with E-state index in [1.54, 1.807) is 27.7 Å². The molecule has 0 bridgehead atoms. The molecule has 0 saturated heterocycles. The number of aromatic nitrogens is 4. The van der Waals surface area contributed by atoms with E-state index in [4.69, 9.17) is 19.9 Å². The Morgan fingerprint density at radius 2 is 1.75 bits per heavy atom. The molecule has 0 saturated carbocycles. The molecule has 24 heavy (non-hydrogen) atoms. The number of fused-ring (bicyclic) bond motifs is 1. The summed E-state index contributed by atoms with van der Waals surface area (Å²) in [5, 5.41) is 0. The summed E-state index contributed by atoms with van der Waals surface area (Å²) < 4.78 is 18.5. The molecule has 9 heteroatoms. The van der Waals surface area contributed by atoms with Gasteiger partial charge in [0.1, 0.15) is 10.1 Å². The van der Waals surface area contributed by atoms with Crippen LogP contribution in [0.2, 0.25) is 0 Å². The number of benzene rings is 1. The number of hydrogen-bond donors (Lipinski definition) is 1. The number of methoxy groups -OCH3 is 3. The van der Waals surface area contributed by atoms with E-state index in [9.17, 15) is 0 Å². The van der Waals surface area contributed by atoms with E-state index in [1.807, 2.05) is 16.7 Å². The van der Waals surface area contributed by atoms with Crippen LogP contribution in [0.5, 0.6) is 17.2 Å². The highest BCUT2D eigenvalue weighted by molar-refractivity contribution is 9.10. The SMILES string of the molecule is COc1cc(Cn2cnc3c(Br)nc(N)nc32)cc(OC)c1OC. The van der Waals surface area contributed by atoms with Gasteiger partial charge in [0.05, 0.1) is 34.2 Å². The van der Waals surface area contributed by atoms with Gasteiger partial charge in [-0.3, -0.25) is 0 Å². The third-order valence-electron chi connectivity index (χ3n) is 3.52. The second-order valence-electron chi connectivity index (χ2n) is 4.95. The van der Waals surface area contributed by atoms with Crippen LogP contribution in [-0.2, 0) is 6.54 Å². The first-order chi connectivity index (χ1) is 11.6. The highest BCUT2D eigenvalue weighted by Gasteiger charge is 2.15. The number of nitrogen functional groups attached to an aromatic ring is 1. The largest absolute Gasteiger partial charge is 0.493 e. The summed E-state index contributed by atoms with van der Waals surface area (Å²) in [4.78, 5) is 12.6.